The molecule has 250 valence electrons. The number of carbonyl (C=O) groups is 3. The van der Waals surface area contributed by atoms with Crippen LogP contribution in [0.2, 0.25) is 5.02 Å². The lowest BCUT2D eigenvalue weighted by atomic mass is 9.88. The first-order chi connectivity index (χ1) is 22.6. The highest BCUT2D eigenvalue weighted by Gasteiger charge is 2.28. The van der Waals surface area contributed by atoms with Gasteiger partial charge in [0.25, 0.3) is 11.8 Å². The number of amides is 2. The number of anilines is 1. The Bertz CT molecular complexity index is 1630. The van der Waals surface area contributed by atoms with Gasteiger partial charge in [-0.05, 0) is 75.4 Å². The Balaban J connectivity index is 0.00000144. The fourth-order valence-electron chi connectivity index (χ4n) is 5.46. The predicted molar refractivity (Wildman–Crippen MR) is 190 cm³/mol. The van der Waals surface area contributed by atoms with Crippen LogP contribution in [0.4, 0.5) is 5.69 Å². The minimum atomic E-state index is -0.362. The monoisotopic (exact) mass is 658 g/mol. The standard InChI is InChI=1S/C34H35ClN4O4.2C2H6/c1-34(2,3)39-30(24-8-6-5-7-9-24)28(21-36-39)31(40)37-26-14-15-29(35)27(20-26)32(41)38-18-16-23(17-19-38)22-10-12-25(13-11-22)33(42)43-4;2*1-2/h5-15,20-21,23H,16-19H2,1-4H3,(H,37,40);2*1-2H3. The molecule has 8 nitrogen and oxygen atoms in total. The minimum absolute atomic E-state index is 0.175. The van der Waals surface area contributed by atoms with Gasteiger partial charge >= 0.3 is 5.97 Å². The Hall–Kier alpha value is -4.43. The number of likely N-dealkylation sites (tertiary alicyclic amines) is 1. The van der Waals surface area contributed by atoms with E-state index in [2.05, 4.69) is 10.4 Å². The summed E-state index contributed by atoms with van der Waals surface area (Å²) in [5.74, 6) is -0.580. The highest BCUT2D eigenvalue weighted by molar-refractivity contribution is 6.34. The number of esters is 1. The fraction of sp³-hybridized carbons (Fsp3) is 0.368. The molecular formula is C38H47ClN4O4. The molecule has 5 rings (SSSR count). The van der Waals surface area contributed by atoms with E-state index < -0.39 is 0 Å². The van der Waals surface area contributed by atoms with Gasteiger partial charge in [-0.2, -0.15) is 5.10 Å². The van der Waals surface area contributed by atoms with E-state index in [4.69, 9.17) is 16.3 Å². The minimum Gasteiger partial charge on any atom is -0.465 e. The largest absolute Gasteiger partial charge is 0.465 e. The molecule has 0 unspecified atom stereocenters. The Labute approximate surface area is 284 Å². The summed E-state index contributed by atoms with van der Waals surface area (Å²) >= 11 is 6.49. The van der Waals surface area contributed by atoms with Crippen LogP contribution in [0.15, 0.2) is 79.0 Å². The zero-order valence-corrected chi connectivity index (χ0v) is 29.5. The van der Waals surface area contributed by atoms with E-state index in [1.54, 1.807) is 41.4 Å². The van der Waals surface area contributed by atoms with Crippen molar-refractivity contribution in [2.24, 2.45) is 0 Å². The van der Waals surface area contributed by atoms with Gasteiger partial charge in [-0.1, -0.05) is 81.8 Å². The van der Waals surface area contributed by atoms with Gasteiger partial charge in [-0.3, -0.25) is 14.3 Å². The van der Waals surface area contributed by atoms with E-state index in [0.29, 0.717) is 40.5 Å². The van der Waals surface area contributed by atoms with Crippen LogP contribution < -0.4 is 5.32 Å². The van der Waals surface area contributed by atoms with E-state index in [1.165, 1.54) is 7.11 Å². The first-order valence-electron chi connectivity index (χ1n) is 16.3. The van der Waals surface area contributed by atoms with Crippen LogP contribution in [0.3, 0.4) is 0 Å². The number of piperidine rings is 1. The zero-order valence-electron chi connectivity index (χ0n) is 28.8. The lowest BCUT2D eigenvalue weighted by Gasteiger charge is -2.32. The van der Waals surface area contributed by atoms with Gasteiger partial charge in [0.1, 0.15) is 0 Å². The molecule has 3 aromatic carbocycles. The van der Waals surface area contributed by atoms with Crippen molar-refractivity contribution in [1.82, 2.24) is 14.7 Å². The lowest BCUT2D eigenvalue weighted by Crippen LogP contribution is -2.38. The molecule has 9 heteroatoms. The molecule has 47 heavy (non-hydrogen) atoms. The summed E-state index contributed by atoms with van der Waals surface area (Å²) in [6.45, 7) is 15.3. The molecule has 0 atom stereocenters. The van der Waals surface area contributed by atoms with Crippen LogP contribution in [0.25, 0.3) is 11.3 Å². The van der Waals surface area contributed by atoms with Crippen molar-refractivity contribution in [3.05, 3.63) is 106 Å². The molecule has 4 aromatic rings. The molecule has 0 bridgehead atoms. The average molecular weight is 659 g/mol. The molecule has 0 saturated carbocycles. The summed E-state index contributed by atoms with van der Waals surface area (Å²) in [5.41, 5.74) is 4.16. The Morgan fingerprint density at radius 1 is 0.872 bits per heavy atom. The van der Waals surface area contributed by atoms with E-state index in [0.717, 1.165) is 29.7 Å². The molecule has 1 aliphatic rings. The highest BCUT2D eigenvalue weighted by Crippen LogP contribution is 2.32. The number of nitrogens with one attached hydrogen (secondary N) is 1. The van der Waals surface area contributed by atoms with E-state index >= 15 is 0 Å². The molecule has 0 aliphatic carbocycles. The van der Waals surface area contributed by atoms with Crippen LogP contribution in [-0.4, -0.2) is 52.7 Å². The summed E-state index contributed by atoms with van der Waals surface area (Å²) in [6, 6.07) is 22.1. The summed E-state index contributed by atoms with van der Waals surface area (Å²) in [5, 5.41) is 7.82. The molecule has 1 saturated heterocycles. The molecule has 1 aromatic heterocycles. The Morgan fingerprint density at radius 2 is 1.49 bits per heavy atom. The topological polar surface area (TPSA) is 93.5 Å². The molecule has 2 heterocycles. The van der Waals surface area contributed by atoms with Crippen molar-refractivity contribution < 1.29 is 19.1 Å². The third-order valence-electron chi connectivity index (χ3n) is 7.74. The highest BCUT2D eigenvalue weighted by atomic mass is 35.5. The zero-order chi connectivity index (χ0) is 34.7. The number of aromatic nitrogens is 2. The van der Waals surface area contributed by atoms with Gasteiger partial charge < -0.3 is 15.0 Å². The number of nitrogens with zero attached hydrogens (tertiary/aromatic N) is 3. The molecule has 2 amide bonds. The van der Waals surface area contributed by atoms with Crippen LogP contribution in [-0.2, 0) is 10.3 Å². The molecule has 1 aliphatic heterocycles. The van der Waals surface area contributed by atoms with E-state index in [-0.39, 0.29) is 29.2 Å². The Kier molecular flexibility index (Phi) is 13.3. The van der Waals surface area contributed by atoms with E-state index in [1.807, 2.05) is 95.6 Å². The number of methoxy groups -OCH3 is 1. The smallest absolute Gasteiger partial charge is 0.337 e. The van der Waals surface area contributed by atoms with Crippen molar-refractivity contribution in [2.75, 3.05) is 25.5 Å². The van der Waals surface area contributed by atoms with Gasteiger partial charge in [0.2, 0.25) is 0 Å². The molecule has 0 radical (unpaired) electrons. The average Bonchev–Trinajstić information content (AvgIpc) is 3.57. The third-order valence-corrected chi connectivity index (χ3v) is 8.07. The summed E-state index contributed by atoms with van der Waals surface area (Å²) in [7, 11) is 1.36. The predicted octanol–water partition coefficient (Wildman–Crippen LogP) is 9.07. The van der Waals surface area contributed by atoms with E-state index in [9.17, 15) is 14.4 Å². The van der Waals surface area contributed by atoms with Crippen molar-refractivity contribution in [1.29, 1.82) is 0 Å². The maximum Gasteiger partial charge on any atom is 0.337 e. The normalized spacial score (nSPS) is 13.0. The number of benzene rings is 3. The number of rotatable bonds is 6. The van der Waals surface area contributed by atoms with Crippen molar-refractivity contribution in [3.8, 4) is 11.3 Å². The molecule has 1 N–H and O–H groups in total. The maximum absolute atomic E-state index is 13.5. The molecule has 0 spiro atoms. The number of ether oxygens (including phenoxy) is 1. The quantitative estimate of drug-likeness (QED) is 0.209. The van der Waals surface area contributed by atoms with Crippen LogP contribution in [0, 0.1) is 0 Å². The number of hydrogen-bond acceptors (Lipinski definition) is 5. The Morgan fingerprint density at radius 3 is 2.06 bits per heavy atom. The van der Waals surface area contributed by atoms with Crippen molar-refractivity contribution in [3.63, 3.8) is 0 Å². The van der Waals surface area contributed by atoms with Crippen molar-refractivity contribution >= 4 is 35.1 Å². The van der Waals surface area contributed by atoms with Gasteiger partial charge in [-0.25, -0.2) is 4.79 Å². The molecule has 1 fully saturated rings. The van der Waals surface area contributed by atoms with Crippen LogP contribution >= 0.6 is 11.6 Å². The summed E-state index contributed by atoms with van der Waals surface area (Å²) < 4.78 is 6.63. The lowest BCUT2D eigenvalue weighted by molar-refractivity contribution is 0.0599. The van der Waals surface area contributed by atoms with Gasteiger partial charge in [0.05, 0.1) is 46.3 Å². The number of halogens is 1. The third kappa shape index (κ3) is 8.89. The first-order valence-corrected chi connectivity index (χ1v) is 16.7. The van der Waals surface area contributed by atoms with Crippen LogP contribution in [0.5, 0.6) is 0 Å². The van der Waals surface area contributed by atoms with Gasteiger partial charge in [0, 0.05) is 24.3 Å². The molecular weight excluding hydrogens is 612 g/mol. The van der Waals surface area contributed by atoms with Gasteiger partial charge in [0.15, 0.2) is 0 Å². The van der Waals surface area contributed by atoms with Crippen LogP contribution in [0.1, 0.15) is 104 Å². The second kappa shape index (κ2) is 16.9. The van der Waals surface area contributed by atoms with Gasteiger partial charge in [-0.15, -0.1) is 0 Å². The number of carbonyl (C=O) groups excluding carboxylic acids is 3. The SMILES string of the molecule is CC.CC.COC(=O)c1ccc(C2CCN(C(=O)c3cc(NC(=O)c4cnn(C(C)(C)C)c4-c4ccccc4)ccc3Cl)CC2)cc1. The summed E-state index contributed by atoms with van der Waals surface area (Å²) in [6.07, 6.45) is 3.16. The second-order valence-corrected chi connectivity index (χ2v) is 12.1. The fourth-order valence-corrected chi connectivity index (χ4v) is 5.66. The summed E-state index contributed by atoms with van der Waals surface area (Å²) in [4.78, 5) is 40.6. The maximum atomic E-state index is 13.5. The van der Waals surface area contributed by atoms with Crippen molar-refractivity contribution in [2.45, 2.75) is 72.8 Å². The number of hydrogen-bond donors (Lipinski definition) is 1. The second-order valence-electron chi connectivity index (χ2n) is 11.7. The first kappa shape index (κ1) is 37.0.